The molecule has 1 aromatic carbocycles. The fourth-order valence-corrected chi connectivity index (χ4v) is 3.09. The second-order valence-corrected chi connectivity index (χ2v) is 5.39. The fourth-order valence-electron chi connectivity index (χ4n) is 3.09. The number of rotatable bonds is 4. The highest BCUT2D eigenvalue weighted by Crippen LogP contribution is 2.37. The van der Waals surface area contributed by atoms with Crippen molar-refractivity contribution >= 4 is 5.69 Å². The zero-order valence-corrected chi connectivity index (χ0v) is 11.7. The molecule has 0 aromatic heterocycles. The summed E-state index contributed by atoms with van der Waals surface area (Å²) in [6.45, 7) is 0.512. The Hall–Kier alpha value is -1.13. The van der Waals surface area contributed by atoms with Gasteiger partial charge in [-0.25, -0.2) is 4.39 Å². The van der Waals surface area contributed by atoms with Gasteiger partial charge in [0.1, 0.15) is 5.82 Å². The Labute approximate surface area is 114 Å². The third kappa shape index (κ3) is 2.74. The molecule has 0 heterocycles. The van der Waals surface area contributed by atoms with E-state index in [1.54, 1.807) is 13.2 Å². The van der Waals surface area contributed by atoms with Gasteiger partial charge in [-0.1, -0.05) is 12.1 Å². The van der Waals surface area contributed by atoms with Crippen LogP contribution in [-0.2, 0) is 4.74 Å². The molecular formula is C15H23FN2O. The maximum atomic E-state index is 14.0. The van der Waals surface area contributed by atoms with Crippen LogP contribution in [0.15, 0.2) is 24.3 Å². The van der Waals surface area contributed by atoms with Crippen molar-refractivity contribution in [1.29, 1.82) is 0 Å². The number of para-hydroxylation sites is 1. The van der Waals surface area contributed by atoms with Crippen LogP contribution in [0.2, 0.25) is 0 Å². The van der Waals surface area contributed by atoms with Crippen molar-refractivity contribution in [2.75, 3.05) is 25.6 Å². The van der Waals surface area contributed by atoms with Crippen molar-refractivity contribution < 1.29 is 9.13 Å². The number of halogens is 1. The van der Waals surface area contributed by atoms with Gasteiger partial charge < -0.3 is 15.4 Å². The van der Waals surface area contributed by atoms with E-state index in [0.29, 0.717) is 12.2 Å². The number of hydrogen-bond donors (Lipinski definition) is 1. The van der Waals surface area contributed by atoms with Gasteiger partial charge in [0.25, 0.3) is 0 Å². The molecule has 1 aliphatic rings. The number of methoxy groups -OCH3 is 1. The molecule has 1 saturated carbocycles. The second kappa shape index (κ2) is 5.88. The lowest BCUT2D eigenvalue weighted by Crippen LogP contribution is -2.56. The largest absolute Gasteiger partial charge is 0.381 e. The molecule has 3 nitrogen and oxygen atoms in total. The number of benzene rings is 1. The third-order valence-corrected chi connectivity index (χ3v) is 4.41. The monoisotopic (exact) mass is 266 g/mol. The Balaban J connectivity index is 2.28. The van der Waals surface area contributed by atoms with E-state index >= 15 is 0 Å². The molecule has 0 amide bonds. The molecule has 0 saturated heterocycles. The van der Waals surface area contributed by atoms with E-state index in [0.717, 1.165) is 25.7 Å². The number of anilines is 1. The lowest BCUT2D eigenvalue weighted by atomic mass is 9.78. The topological polar surface area (TPSA) is 38.5 Å². The summed E-state index contributed by atoms with van der Waals surface area (Å²) in [7, 11) is 3.67. The van der Waals surface area contributed by atoms with Crippen LogP contribution < -0.4 is 10.6 Å². The Bertz CT molecular complexity index is 426. The van der Waals surface area contributed by atoms with E-state index in [-0.39, 0.29) is 17.5 Å². The SMILES string of the molecule is COC1CCCC(CN)(N(C)c2ccccc2F)C1. The minimum atomic E-state index is -0.207. The first-order chi connectivity index (χ1) is 9.13. The molecule has 0 radical (unpaired) electrons. The Kier molecular flexibility index (Phi) is 4.42. The van der Waals surface area contributed by atoms with Crippen LogP contribution in [0, 0.1) is 5.82 Å². The highest BCUT2D eigenvalue weighted by atomic mass is 19.1. The van der Waals surface area contributed by atoms with E-state index in [4.69, 9.17) is 10.5 Å². The number of ether oxygens (including phenoxy) is 1. The second-order valence-electron chi connectivity index (χ2n) is 5.39. The number of likely N-dealkylation sites (N-methyl/N-ethyl adjacent to an activating group) is 1. The molecule has 1 fully saturated rings. The molecule has 106 valence electrons. The van der Waals surface area contributed by atoms with Gasteiger partial charge in [0.05, 0.1) is 17.3 Å². The van der Waals surface area contributed by atoms with E-state index in [1.165, 1.54) is 6.07 Å². The van der Waals surface area contributed by atoms with Crippen molar-refractivity contribution in [2.45, 2.75) is 37.3 Å². The molecule has 19 heavy (non-hydrogen) atoms. The van der Waals surface area contributed by atoms with Gasteiger partial charge in [0.15, 0.2) is 0 Å². The zero-order chi connectivity index (χ0) is 13.9. The van der Waals surface area contributed by atoms with E-state index in [9.17, 15) is 4.39 Å². The first-order valence-electron chi connectivity index (χ1n) is 6.84. The summed E-state index contributed by atoms with van der Waals surface area (Å²) in [6, 6.07) is 6.87. The van der Waals surface area contributed by atoms with Crippen LogP contribution in [0.25, 0.3) is 0 Å². The van der Waals surface area contributed by atoms with Gasteiger partial charge in [-0.05, 0) is 37.8 Å². The maximum Gasteiger partial charge on any atom is 0.146 e. The van der Waals surface area contributed by atoms with E-state index in [1.807, 2.05) is 24.1 Å². The molecule has 2 unspecified atom stereocenters. The normalized spacial score (nSPS) is 27.3. The predicted molar refractivity (Wildman–Crippen MR) is 75.9 cm³/mol. The van der Waals surface area contributed by atoms with Gasteiger partial charge in [-0.2, -0.15) is 0 Å². The summed E-state index contributed by atoms with van der Waals surface area (Å²) in [5, 5.41) is 0. The Morgan fingerprint density at radius 1 is 1.47 bits per heavy atom. The smallest absolute Gasteiger partial charge is 0.146 e. The highest BCUT2D eigenvalue weighted by Gasteiger charge is 2.39. The van der Waals surface area contributed by atoms with Gasteiger partial charge in [-0.15, -0.1) is 0 Å². The van der Waals surface area contributed by atoms with Crippen LogP contribution in [0.1, 0.15) is 25.7 Å². The summed E-state index contributed by atoms with van der Waals surface area (Å²) in [5.74, 6) is -0.197. The van der Waals surface area contributed by atoms with Crippen LogP contribution in [0.3, 0.4) is 0 Å². The standard InChI is InChI=1S/C15H23FN2O/c1-18(14-8-4-3-7-13(14)16)15(11-17)9-5-6-12(10-15)19-2/h3-4,7-8,12H,5-6,9-11,17H2,1-2H3. The molecule has 4 heteroatoms. The quantitative estimate of drug-likeness (QED) is 0.910. The Morgan fingerprint density at radius 3 is 2.84 bits per heavy atom. The van der Waals surface area contributed by atoms with Gasteiger partial charge >= 0.3 is 0 Å². The minimum Gasteiger partial charge on any atom is -0.381 e. The summed E-state index contributed by atoms with van der Waals surface area (Å²) in [5.41, 5.74) is 6.43. The number of hydrogen-bond acceptors (Lipinski definition) is 3. The molecule has 0 bridgehead atoms. The summed E-state index contributed by atoms with van der Waals surface area (Å²) in [6.07, 6.45) is 4.17. The van der Waals surface area contributed by atoms with Crippen LogP contribution in [0.5, 0.6) is 0 Å². The van der Waals surface area contributed by atoms with Gasteiger partial charge in [0, 0.05) is 20.7 Å². The van der Waals surface area contributed by atoms with E-state index in [2.05, 4.69) is 0 Å². The van der Waals surface area contributed by atoms with E-state index < -0.39 is 0 Å². The predicted octanol–water partition coefficient (Wildman–Crippen LogP) is 2.55. The average molecular weight is 266 g/mol. The van der Waals surface area contributed by atoms with Crippen LogP contribution in [0.4, 0.5) is 10.1 Å². The van der Waals surface area contributed by atoms with Crippen LogP contribution >= 0.6 is 0 Å². The van der Waals surface area contributed by atoms with Gasteiger partial charge in [-0.3, -0.25) is 0 Å². The summed E-state index contributed by atoms with van der Waals surface area (Å²) in [4.78, 5) is 2.01. The van der Waals surface area contributed by atoms with Crippen molar-refractivity contribution in [3.63, 3.8) is 0 Å². The molecule has 2 rings (SSSR count). The van der Waals surface area contributed by atoms with Crippen molar-refractivity contribution in [1.82, 2.24) is 0 Å². The van der Waals surface area contributed by atoms with Crippen molar-refractivity contribution in [3.8, 4) is 0 Å². The summed E-state index contributed by atoms with van der Waals surface area (Å²) < 4.78 is 19.5. The lowest BCUT2D eigenvalue weighted by molar-refractivity contribution is 0.0421. The third-order valence-electron chi connectivity index (χ3n) is 4.41. The van der Waals surface area contributed by atoms with Crippen molar-refractivity contribution in [2.24, 2.45) is 5.73 Å². The molecular weight excluding hydrogens is 243 g/mol. The highest BCUT2D eigenvalue weighted by molar-refractivity contribution is 5.50. The molecule has 1 aliphatic carbocycles. The van der Waals surface area contributed by atoms with Gasteiger partial charge in [0.2, 0.25) is 0 Å². The number of nitrogens with two attached hydrogens (primary N) is 1. The molecule has 0 aliphatic heterocycles. The molecule has 1 aromatic rings. The molecule has 2 atom stereocenters. The minimum absolute atomic E-state index is 0.197. The zero-order valence-electron chi connectivity index (χ0n) is 11.7. The number of nitrogens with zero attached hydrogens (tertiary/aromatic N) is 1. The summed E-state index contributed by atoms with van der Waals surface area (Å²) >= 11 is 0. The maximum absolute atomic E-state index is 14.0. The van der Waals surface area contributed by atoms with Crippen molar-refractivity contribution in [3.05, 3.63) is 30.1 Å². The fraction of sp³-hybridized carbons (Fsp3) is 0.600. The first-order valence-corrected chi connectivity index (χ1v) is 6.84. The Morgan fingerprint density at radius 2 is 2.21 bits per heavy atom. The first kappa shape index (κ1) is 14.3. The lowest BCUT2D eigenvalue weighted by Gasteiger charge is -2.47. The van der Waals surface area contributed by atoms with Crippen LogP contribution in [-0.4, -0.2) is 32.3 Å². The average Bonchev–Trinajstić information content (AvgIpc) is 2.47. The molecule has 0 spiro atoms. The molecule has 2 N–H and O–H groups in total.